The van der Waals surface area contributed by atoms with E-state index in [-0.39, 0.29) is 12.5 Å². The Morgan fingerprint density at radius 2 is 1.90 bits per heavy atom. The second kappa shape index (κ2) is 11.4. The maximum Gasteiger partial charge on any atom is 0.255 e. The molecule has 1 fully saturated rings. The Kier molecular flexibility index (Phi) is 7.96. The lowest BCUT2D eigenvalue weighted by atomic mass is 9.77. The van der Waals surface area contributed by atoms with Crippen LogP contribution in [0, 0.1) is 11.3 Å². The summed E-state index contributed by atoms with van der Waals surface area (Å²) in [5, 5.41) is 21.0. The summed E-state index contributed by atoms with van der Waals surface area (Å²) in [6.07, 6.45) is 2.17. The third-order valence-corrected chi connectivity index (χ3v) is 8.29. The molecular weight excluding hydrogens is 539 g/mol. The molecule has 1 saturated carbocycles. The minimum Gasteiger partial charge on any atom is -0.391 e. The molecule has 8 nitrogen and oxygen atoms in total. The lowest BCUT2D eigenvalue weighted by molar-refractivity contribution is -0.138. The van der Waals surface area contributed by atoms with Gasteiger partial charge in [-0.1, -0.05) is 60.3 Å². The third-order valence-electron chi connectivity index (χ3n) is 7.72. The van der Waals surface area contributed by atoms with Crippen LogP contribution >= 0.6 is 23.2 Å². The number of aromatic nitrogens is 1. The molecular formula is C29H28Cl2N4O4. The molecule has 0 saturated heterocycles. The Bertz CT molecular complexity index is 1450. The number of nitrogens with zero attached hydrogens (tertiary/aromatic N) is 3. The number of nitrogens with one attached hydrogen (secondary N) is 1. The molecule has 10 heteroatoms. The van der Waals surface area contributed by atoms with E-state index in [0.29, 0.717) is 51.0 Å². The maximum atomic E-state index is 14.0. The molecule has 1 aromatic heterocycles. The van der Waals surface area contributed by atoms with E-state index in [9.17, 15) is 20.0 Å². The van der Waals surface area contributed by atoms with Gasteiger partial charge in [-0.05, 0) is 54.3 Å². The normalized spacial score (nSPS) is 22.7. The predicted molar refractivity (Wildman–Crippen MR) is 146 cm³/mol. The number of rotatable bonds is 6. The van der Waals surface area contributed by atoms with Crippen LogP contribution in [0.3, 0.4) is 0 Å². The number of fused-ring (bicyclic) bond motifs is 1. The van der Waals surface area contributed by atoms with E-state index < -0.39 is 30.0 Å². The Labute approximate surface area is 236 Å². The first-order chi connectivity index (χ1) is 18.8. The number of carbonyl (C=O) groups is 2. The first-order valence-electron chi connectivity index (χ1n) is 12.8. The molecule has 0 unspecified atom stereocenters. The lowest BCUT2D eigenvalue weighted by Crippen LogP contribution is -2.55. The molecule has 4 atom stereocenters. The van der Waals surface area contributed by atoms with Crippen molar-refractivity contribution in [1.29, 1.82) is 5.26 Å². The summed E-state index contributed by atoms with van der Waals surface area (Å²) < 4.78 is 1.68. The highest BCUT2D eigenvalue weighted by atomic mass is 35.5. The number of halogens is 2. The van der Waals surface area contributed by atoms with Crippen molar-refractivity contribution in [2.45, 2.75) is 56.4 Å². The highest BCUT2D eigenvalue weighted by Gasteiger charge is 2.49. The fourth-order valence-electron chi connectivity index (χ4n) is 5.74. The van der Waals surface area contributed by atoms with Gasteiger partial charge in [-0.25, -0.2) is 5.48 Å². The van der Waals surface area contributed by atoms with E-state index >= 15 is 0 Å². The van der Waals surface area contributed by atoms with E-state index in [0.717, 1.165) is 12.8 Å². The first kappa shape index (κ1) is 27.2. The van der Waals surface area contributed by atoms with Gasteiger partial charge in [0.2, 0.25) is 0 Å². The average Bonchev–Trinajstić information content (AvgIpc) is 3.28. The smallest absolute Gasteiger partial charge is 0.255 e. The summed E-state index contributed by atoms with van der Waals surface area (Å²) in [6, 6.07) is 16.2. The van der Waals surface area contributed by atoms with E-state index in [1.807, 2.05) is 0 Å². The number of benzene rings is 2. The van der Waals surface area contributed by atoms with E-state index in [1.54, 1.807) is 71.1 Å². The van der Waals surface area contributed by atoms with Crippen LogP contribution < -0.4 is 5.48 Å². The van der Waals surface area contributed by atoms with Gasteiger partial charge in [0.15, 0.2) is 0 Å². The first-order valence-corrected chi connectivity index (χ1v) is 13.6. The van der Waals surface area contributed by atoms with E-state index in [4.69, 9.17) is 28.0 Å². The molecule has 2 aromatic carbocycles. The number of hydrogen-bond acceptors (Lipinski definition) is 5. The third kappa shape index (κ3) is 5.15. The molecule has 0 bridgehead atoms. The van der Waals surface area contributed by atoms with Crippen LogP contribution in [0.4, 0.5) is 0 Å². The van der Waals surface area contributed by atoms with Gasteiger partial charge in [0.05, 0.1) is 24.1 Å². The molecule has 2 amide bonds. The van der Waals surface area contributed by atoms with Gasteiger partial charge in [0.1, 0.15) is 18.4 Å². The molecule has 2 heterocycles. The van der Waals surface area contributed by atoms with Crippen molar-refractivity contribution in [2.75, 3.05) is 0 Å². The second-order valence-electron chi connectivity index (χ2n) is 9.94. The van der Waals surface area contributed by atoms with E-state index in [1.165, 1.54) is 0 Å². The molecule has 1 aliphatic carbocycles. The molecule has 1 aliphatic heterocycles. The molecule has 3 aromatic rings. The lowest BCUT2D eigenvalue weighted by Gasteiger charge is -2.48. The fourth-order valence-corrected chi connectivity index (χ4v) is 6.26. The number of aliphatic hydroxyl groups excluding tert-OH is 1. The number of aliphatic hydroxyl groups is 1. The summed E-state index contributed by atoms with van der Waals surface area (Å²) in [5.74, 6) is -1.60. The highest BCUT2D eigenvalue weighted by Crippen LogP contribution is 2.47. The Hall–Kier alpha value is -3.35. The average molecular weight is 567 g/mol. The topological polar surface area (TPSA) is 108 Å². The van der Waals surface area contributed by atoms with Gasteiger partial charge < -0.3 is 14.6 Å². The van der Waals surface area contributed by atoms with Gasteiger partial charge in [0, 0.05) is 28.4 Å². The molecule has 0 spiro atoms. The quantitative estimate of drug-likeness (QED) is 0.406. The van der Waals surface area contributed by atoms with Gasteiger partial charge in [-0.2, -0.15) is 5.26 Å². The number of hydrogen-bond donors (Lipinski definition) is 2. The number of hydroxylamine groups is 1. The zero-order valence-corrected chi connectivity index (χ0v) is 22.8. The molecule has 39 heavy (non-hydrogen) atoms. The summed E-state index contributed by atoms with van der Waals surface area (Å²) in [4.78, 5) is 35.2. The molecule has 2 N–H and O–H groups in total. The Morgan fingerprint density at radius 3 is 2.62 bits per heavy atom. The number of amides is 2. The Morgan fingerprint density at radius 1 is 1.13 bits per heavy atom. The van der Waals surface area contributed by atoms with Crippen LogP contribution in [-0.4, -0.2) is 38.5 Å². The minimum atomic E-state index is -0.880. The van der Waals surface area contributed by atoms with Crippen molar-refractivity contribution >= 4 is 35.0 Å². The van der Waals surface area contributed by atoms with Crippen LogP contribution in [0.25, 0.3) is 0 Å². The molecule has 202 valence electrons. The second-order valence-corrected chi connectivity index (χ2v) is 10.8. The van der Waals surface area contributed by atoms with Crippen LogP contribution in [-0.2, 0) is 23.3 Å². The Balaban J connectivity index is 1.55. The van der Waals surface area contributed by atoms with Crippen molar-refractivity contribution < 1.29 is 19.5 Å². The van der Waals surface area contributed by atoms with Crippen molar-refractivity contribution in [1.82, 2.24) is 14.9 Å². The SMILES string of the molecule is Cn1c(C#N)ccc1CONC(=O)[C@@H]1c2ccccc2C(=O)N([C@H]2CCCC[C@@H]2O)[C@H]1c1ccc(Cl)cc1Cl. The largest absolute Gasteiger partial charge is 0.391 e. The van der Waals surface area contributed by atoms with Crippen molar-refractivity contribution in [3.05, 3.63) is 92.7 Å². The van der Waals surface area contributed by atoms with Crippen LogP contribution in [0.5, 0.6) is 0 Å². The molecule has 0 radical (unpaired) electrons. The summed E-state index contributed by atoms with van der Waals surface area (Å²) in [6.45, 7) is 0.0363. The zero-order chi connectivity index (χ0) is 27.7. The molecule has 2 aliphatic rings. The van der Waals surface area contributed by atoms with Crippen molar-refractivity contribution in [2.24, 2.45) is 7.05 Å². The summed E-state index contributed by atoms with van der Waals surface area (Å²) >= 11 is 12.9. The molecule has 5 rings (SSSR count). The highest BCUT2D eigenvalue weighted by molar-refractivity contribution is 6.35. The standard InChI is InChI=1S/C29H28Cl2N4O4/c1-34-18(15-32)11-12-19(34)16-39-33-28(37)26-20-6-2-3-7-21(20)29(38)35(24-8-4-5-9-25(24)36)27(26)22-13-10-17(30)14-23(22)31/h2-3,6-7,10-14,24-27,36H,4-5,8-9,16H2,1H3,(H,33,37)/t24-,25-,26+,27-/m0/s1. The summed E-state index contributed by atoms with van der Waals surface area (Å²) in [5.41, 5.74) is 5.25. The van der Waals surface area contributed by atoms with Crippen LogP contribution in [0.1, 0.15) is 70.5 Å². The summed E-state index contributed by atoms with van der Waals surface area (Å²) in [7, 11) is 1.74. The maximum absolute atomic E-state index is 14.0. The van der Waals surface area contributed by atoms with Crippen molar-refractivity contribution in [3.8, 4) is 6.07 Å². The van der Waals surface area contributed by atoms with Gasteiger partial charge in [0.25, 0.3) is 11.8 Å². The minimum absolute atomic E-state index is 0.0363. The number of carbonyl (C=O) groups excluding carboxylic acids is 2. The van der Waals surface area contributed by atoms with Gasteiger partial charge in [-0.3, -0.25) is 14.4 Å². The van der Waals surface area contributed by atoms with Crippen molar-refractivity contribution in [3.63, 3.8) is 0 Å². The van der Waals surface area contributed by atoms with Gasteiger partial charge in [-0.15, -0.1) is 0 Å². The fraction of sp³-hybridized carbons (Fsp3) is 0.345. The monoisotopic (exact) mass is 566 g/mol. The number of nitriles is 1. The van der Waals surface area contributed by atoms with Crippen LogP contribution in [0.15, 0.2) is 54.6 Å². The predicted octanol–water partition coefficient (Wildman–Crippen LogP) is 5.04. The van der Waals surface area contributed by atoms with Gasteiger partial charge >= 0.3 is 0 Å². The zero-order valence-electron chi connectivity index (χ0n) is 21.3. The van der Waals surface area contributed by atoms with E-state index in [2.05, 4.69) is 11.5 Å². The van der Waals surface area contributed by atoms with Crippen LogP contribution in [0.2, 0.25) is 10.0 Å².